The maximum absolute atomic E-state index is 13.1. The highest BCUT2D eigenvalue weighted by Gasteiger charge is 2.13. The summed E-state index contributed by atoms with van der Waals surface area (Å²) in [6.45, 7) is 0. The van der Waals surface area contributed by atoms with Crippen LogP contribution < -0.4 is 5.43 Å². The Morgan fingerprint density at radius 3 is 2.41 bits per heavy atom. The van der Waals surface area contributed by atoms with E-state index >= 15 is 0 Å². The lowest BCUT2D eigenvalue weighted by atomic mass is 10.0. The van der Waals surface area contributed by atoms with Crippen LogP contribution in [0.1, 0.15) is 15.9 Å². The highest BCUT2D eigenvalue weighted by Crippen LogP contribution is 2.26. The molecule has 32 heavy (non-hydrogen) atoms. The molecule has 0 bridgehead atoms. The van der Waals surface area contributed by atoms with Gasteiger partial charge >= 0.3 is 0 Å². The van der Waals surface area contributed by atoms with E-state index in [-0.39, 0.29) is 5.91 Å². The van der Waals surface area contributed by atoms with Crippen molar-refractivity contribution in [3.8, 4) is 11.3 Å². The number of pyridine rings is 1. The molecular formula is C27H18ClN3O. The molecule has 5 heteroatoms. The third-order valence-corrected chi connectivity index (χ3v) is 5.55. The van der Waals surface area contributed by atoms with Crippen molar-refractivity contribution in [1.82, 2.24) is 10.4 Å². The summed E-state index contributed by atoms with van der Waals surface area (Å²) in [7, 11) is 0. The van der Waals surface area contributed by atoms with Crippen LogP contribution in [-0.4, -0.2) is 17.1 Å². The van der Waals surface area contributed by atoms with E-state index in [1.807, 2.05) is 91.0 Å². The highest BCUT2D eigenvalue weighted by atomic mass is 35.5. The molecule has 1 heterocycles. The largest absolute Gasteiger partial charge is 0.272 e. The highest BCUT2D eigenvalue weighted by molar-refractivity contribution is 6.30. The molecule has 0 fully saturated rings. The molecule has 4 nitrogen and oxygen atoms in total. The number of fused-ring (bicyclic) bond motifs is 2. The van der Waals surface area contributed by atoms with Gasteiger partial charge in [0.05, 0.1) is 23.0 Å². The number of nitrogens with one attached hydrogen (secondary N) is 1. The fourth-order valence-corrected chi connectivity index (χ4v) is 3.84. The number of aromatic nitrogens is 1. The number of carbonyl (C=O) groups is 1. The van der Waals surface area contributed by atoms with Gasteiger partial charge in [-0.1, -0.05) is 84.4 Å². The average molecular weight is 436 g/mol. The fourth-order valence-electron chi connectivity index (χ4n) is 3.72. The van der Waals surface area contributed by atoms with Gasteiger partial charge in [-0.2, -0.15) is 5.10 Å². The molecule has 1 amide bonds. The number of rotatable bonds is 4. The predicted molar refractivity (Wildman–Crippen MR) is 131 cm³/mol. The summed E-state index contributed by atoms with van der Waals surface area (Å²) in [5.74, 6) is -0.296. The molecule has 154 valence electrons. The normalized spacial score (nSPS) is 11.3. The second-order valence-electron chi connectivity index (χ2n) is 7.35. The third kappa shape index (κ3) is 3.96. The number of amides is 1. The molecule has 0 aliphatic rings. The van der Waals surface area contributed by atoms with Gasteiger partial charge in [-0.05, 0) is 35.0 Å². The second-order valence-corrected chi connectivity index (χ2v) is 7.78. The maximum atomic E-state index is 13.1. The summed E-state index contributed by atoms with van der Waals surface area (Å²) in [5, 5.41) is 7.84. The number of para-hydroxylation sites is 1. The molecule has 0 saturated carbocycles. The summed E-state index contributed by atoms with van der Waals surface area (Å²) >= 11 is 6.02. The molecule has 0 aliphatic carbocycles. The van der Waals surface area contributed by atoms with Crippen molar-refractivity contribution in [2.75, 3.05) is 0 Å². The molecule has 0 saturated heterocycles. The Hall–Kier alpha value is -4.02. The zero-order valence-corrected chi connectivity index (χ0v) is 17.8. The summed E-state index contributed by atoms with van der Waals surface area (Å²) in [6, 6.07) is 30.8. The van der Waals surface area contributed by atoms with Crippen LogP contribution in [0.15, 0.2) is 102 Å². The number of hydrogen-bond donors (Lipinski definition) is 1. The minimum absolute atomic E-state index is 0.296. The summed E-state index contributed by atoms with van der Waals surface area (Å²) in [4.78, 5) is 17.8. The van der Waals surface area contributed by atoms with E-state index in [2.05, 4.69) is 10.5 Å². The van der Waals surface area contributed by atoms with Gasteiger partial charge in [0.15, 0.2) is 0 Å². The Kier molecular flexibility index (Phi) is 5.36. The van der Waals surface area contributed by atoms with Crippen molar-refractivity contribution in [3.05, 3.63) is 113 Å². The van der Waals surface area contributed by atoms with Crippen LogP contribution in [0.25, 0.3) is 32.9 Å². The van der Waals surface area contributed by atoms with Gasteiger partial charge < -0.3 is 0 Å². The third-order valence-electron chi connectivity index (χ3n) is 5.29. The minimum Gasteiger partial charge on any atom is -0.267 e. The Balaban J connectivity index is 1.48. The number of hydrogen-bond acceptors (Lipinski definition) is 3. The van der Waals surface area contributed by atoms with Gasteiger partial charge in [-0.15, -0.1) is 0 Å². The number of hydrazone groups is 1. The van der Waals surface area contributed by atoms with Gasteiger partial charge in [0.2, 0.25) is 0 Å². The molecule has 0 spiro atoms. The fraction of sp³-hybridized carbons (Fsp3) is 0. The van der Waals surface area contributed by atoms with Crippen LogP contribution >= 0.6 is 11.6 Å². The van der Waals surface area contributed by atoms with Crippen molar-refractivity contribution in [1.29, 1.82) is 0 Å². The predicted octanol–water partition coefficient (Wildman–Crippen LogP) is 6.47. The maximum Gasteiger partial charge on any atom is 0.272 e. The first-order valence-corrected chi connectivity index (χ1v) is 10.5. The zero-order chi connectivity index (χ0) is 21.9. The Bertz CT molecular complexity index is 1470. The first-order valence-electron chi connectivity index (χ1n) is 10.2. The Labute approximate surface area is 190 Å². The number of halogens is 1. The zero-order valence-electron chi connectivity index (χ0n) is 17.0. The monoisotopic (exact) mass is 435 g/mol. The molecule has 4 aromatic carbocycles. The quantitative estimate of drug-likeness (QED) is 0.259. The second kappa shape index (κ2) is 8.61. The summed E-state index contributed by atoms with van der Waals surface area (Å²) < 4.78 is 0. The van der Waals surface area contributed by atoms with Crippen molar-refractivity contribution in [2.45, 2.75) is 0 Å². The minimum atomic E-state index is -0.296. The molecule has 5 rings (SSSR count). The smallest absolute Gasteiger partial charge is 0.267 e. The van der Waals surface area contributed by atoms with Crippen LogP contribution in [-0.2, 0) is 0 Å². The molecule has 0 atom stereocenters. The van der Waals surface area contributed by atoms with E-state index < -0.39 is 0 Å². The standard InChI is InChI=1S/C27H18ClN3O/c28-21-14-12-19(13-15-21)26-16-24(23-10-3-4-11-25(23)30-26)27(32)31-29-17-20-8-5-7-18-6-1-2-9-22(18)20/h1-17H,(H,31,32)/b29-17-. The van der Waals surface area contributed by atoms with E-state index in [1.54, 1.807) is 12.3 Å². The van der Waals surface area contributed by atoms with E-state index in [9.17, 15) is 4.79 Å². The molecule has 0 aliphatic heterocycles. The topological polar surface area (TPSA) is 54.4 Å². The van der Waals surface area contributed by atoms with E-state index in [4.69, 9.17) is 16.6 Å². The molecule has 5 aromatic rings. The number of carbonyl (C=O) groups excluding carboxylic acids is 1. The number of benzene rings is 4. The van der Waals surface area contributed by atoms with Crippen molar-refractivity contribution >= 4 is 45.4 Å². The lowest BCUT2D eigenvalue weighted by molar-refractivity contribution is 0.0956. The molecule has 0 unspecified atom stereocenters. The van der Waals surface area contributed by atoms with Crippen LogP contribution in [0, 0.1) is 0 Å². The first kappa shape index (κ1) is 19.9. The SMILES string of the molecule is O=C(N/N=C\c1cccc2ccccc12)c1cc(-c2ccc(Cl)cc2)nc2ccccc12. The van der Waals surface area contributed by atoms with Crippen LogP contribution in [0.4, 0.5) is 0 Å². The lowest BCUT2D eigenvalue weighted by Crippen LogP contribution is -2.18. The van der Waals surface area contributed by atoms with E-state index in [0.29, 0.717) is 16.3 Å². The van der Waals surface area contributed by atoms with E-state index in [0.717, 1.165) is 32.8 Å². The van der Waals surface area contributed by atoms with Gasteiger partial charge in [0.25, 0.3) is 5.91 Å². The molecular weight excluding hydrogens is 418 g/mol. The van der Waals surface area contributed by atoms with Gasteiger partial charge in [-0.3, -0.25) is 4.79 Å². The molecule has 1 N–H and O–H groups in total. The average Bonchev–Trinajstić information content (AvgIpc) is 2.84. The Morgan fingerprint density at radius 1 is 0.844 bits per heavy atom. The van der Waals surface area contributed by atoms with E-state index in [1.165, 1.54) is 0 Å². The lowest BCUT2D eigenvalue weighted by Gasteiger charge is -2.09. The van der Waals surface area contributed by atoms with Gasteiger partial charge in [-0.25, -0.2) is 10.4 Å². The molecule has 1 aromatic heterocycles. The summed E-state index contributed by atoms with van der Waals surface area (Å²) in [6.07, 6.45) is 1.67. The Morgan fingerprint density at radius 2 is 1.56 bits per heavy atom. The van der Waals surface area contributed by atoms with Crippen LogP contribution in [0.3, 0.4) is 0 Å². The summed E-state index contributed by atoms with van der Waals surface area (Å²) in [5.41, 5.74) is 6.44. The van der Waals surface area contributed by atoms with Crippen LogP contribution in [0.2, 0.25) is 5.02 Å². The number of nitrogens with zero attached hydrogens (tertiary/aromatic N) is 2. The van der Waals surface area contributed by atoms with Crippen LogP contribution in [0.5, 0.6) is 0 Å². The van der Waals surface area contributed by atoms with Gasteiger partial charge in [0, 0.05) is 21.5 Å². The molecule has 0 radical (unpaired) electrons. The van der Waals surface area contributed by atoms with Crippen molar-refractivity contribution in [2.24, 2.45) is 5.10 Å². The van der Waals surface area contributed by atoms with Gasteiger partial charge in [0.1, 0.15) is 0 Å². The van der Waals surface area contributed by atoms with Crippen molar-refractivity contribution < 1.29 is 4.79 Å². The van der Waals surface area contributed by atoms with Crippen molar-refractivity contribution in [3.63, 3.8) is 0 Å². The first-order chi connectivity index (χ1) is 15.7.